The first-order valence-electron chi connectivity index (χ1n) is 17.9. The van der Waals surface area contributed by atoms with Crippen LogP contribution in [-0.2, 0) is 0 Å². The van der Waals surface area contributed by atoms with E-state index >= 15 is 0 Å². The minimum Gasteiger partial charge on any atom is -0.247 e. The normalized spacial score (nSPS) is 14.0. The highest BCUT2D eigenvalue weighted by atomic mass is 32.1. The van der Waals surface area contributed by atoms with Gasteiger partial charge in [0.2, 0.25) is 0 Å². The van der Waals surface area contributed by atoms with Crippen LogP contribution in [0.5, 0.6) is 0 Å². The van der Waals surface area contributed by atoms with Gasteiger partial charge in [-0.3, -0.25) is 0 Å². The van der Waals surface area contributed by atoms with E-state index < -0.39 is 0 Å². The number of thiophene rings is 1. The number of hydrogen-bond acceptors (Lipinski definition) is 3. The van der Waals surface area contributed by atoms with Crippen molar-refractivity contribution < 1.29 is 0 Å². The van der Waals surface area contributed by atoms with Gasteiger partial charge in [-0.25, -0.2) is 9.97 Å². The Labute approximate surface area is 303 Å². The molecule has 2 aromatic heterocycles. The molecule has 52 heavy (non-hydrogen) atoms. The molecule has 0 saturated heterocycles. The Balaban J connectivity index is 1.28. The molecule has 0 radical (unpaired) electrons. The van der Waals surface area contributed by atoms with Gasteiger partial charge in [-0.05, 0) is 78.2 Å². The molecular weight excluding hydrogens is 649 g/mol. The van der Waals surface area contributed by atoms with E-state index in [0.717, 1.165) is 33.4 Å². The average molecular weight is 677 g/mol. The van der Waals surface area contributed by atoms with Crippen LogP contribution in [0.1, 0.15) is 22.7 Å². The minimum atomic E-state index is -0.120. The lowest BCUT2D eigenvalue weighted by Crippen LogP contribution is -2.08. The van der Waals surface area contributed by atoms with E-state index in [9.17, 15) is 0 Å². The molecule has 3 heteroatoms. The van der Waals surface area contributed by atoms with E-state index in [1.165, 1.54) is 80.1 Å². The van der Waals surface area contributed by atoms with Crippen molar-refractivity contribution in [1.29, 1.82) is 0 Å². The first-order valence-corrected chi connectivity index (χ1v) is 18.7. The highest BCUT2D eigenvalue weighted by Gasteiger charge is 2.37. The van der Waals surface area contributed by atoms with Gasteiger partial charge in [-0.1, -0.05) is 146 Å². The van der Waals surface area contributed by atoms with Crippen molar-refractivity contribution in [2.45, 2.75) is 5.92 Å². The largest absolute Gasteiger partial charge is 0.247 e. The topological polar surface area (TPSA) is 25.8 Å². The van der Waals surface area contributed by atoms with Crippen LogP contribution in [0.4, 0.5) is 0 Å². The summed E-state index contributed by atoms with van der Waals surface area (Å²) in [4.78, 5) is 11.4. The van der Waals surface area contributed by atoms with Crippen LogP contribution in [-0.4, -0.2) is 9.97 Å². The fourth-order valence-electron chi connectivity index (χ4n) is 9.03. The van der Waals surface area contributed by atoms with Gasteiger partial charge in [0.05, 0.1) is 28.3 Å². The Morgan fingerprint density at radius 2 is 1.10 bits per heavy atom. The SMILES string of the molecule is c1ccc2c(c1)-c1c(c3sc4cc5ccccc5cc4c3c3ccccc13)C2c1nc2c(ccc3ccccc32)nc1-c1cccc2ccccc12. The monoisotopic (exact) mass is 676 g/mol. The molecule has 2 heterocycles. The lowest BCUT2D eigenvalue weighted by Gasteiger charge is -2.20. The van der Waals surface area contributed by atoms with E-state index in [1.807, 2.05) is 11.3 Å². The standard InChI is InChI=1S/C49H28N2S/c1-2-15-31-27-41-39(26-30(31)14-1)43-36-21-9-7-19-34(36)42-35-20-8-10-22-37(35)44(45(42)49(43)52-41)48-47(38-23-11-16-28-12-3-5-17-32(28)38)50-40-25-24-29-13-4-6-18-33(29)46(40)51-48/h1-27,44H. The smallest absolute Gasteiger partial charge is 0.0969 e. The number of benzene rings is 9. The van der Waals surface area contributed by atoms with E-state index in [0.29, 0.717) is 0 Å². The number of aromatic nitrogens is 2. The van der Waals surface area contributed by atoms with Crippen LogP contribution in [0.3, 0.4) is 0 Å². The maximum absolute atomic E-state index is 5.79. The van der Waals surface area contributed by atoms with Gasteiger partial charge >= 0.3 is 0 Å². The first kappa shape index (κ1) is 28.3. The van der Waals surface area contributed by atoms with Gasteiger partial charge in [0, 0.05) is 31.1 Å². The van der Waals surface area contributed by atoms with Crippen molar-refractivity contribution in [3.8, 4) is 22.4 Å². The molecule has 9 aromatic carbocycles. The number of fused-ring (bicyclic) bond motifs is 15. The molecule has 1 unspecified atom stereocenters. The maximum atomic E-state index is 5.79. The van der Waals surface area contributed by atoms with Crippen LogP contribution < -0.4 is 0 Å². The Morgan fingerprint density at radius 1 is 0.462 bits per heavy atom. The quantitative estimate of drug-likeness (QED) is 0.170. The molecule has 1 aliphatic rings. The van der Waals surface area contributed by atoms with Gasteiger partial charge in [-0.15, -0.1) is 11.3 Å². The van der Waals surface area contributed by atoms with Crippen molar-refractivity contribution in [2.24, 2.45) is 0 Å². The van der Waals surface area contributed by atoms with E-state index in [-0.39, 0.29) is 5.92 Å². The third-order valence-corrected chi connectivity index (χ3v) is 12.5. The summed E-state index contributed by atoms with van der Waals surface area (Å²) in [7, 11) is 0. The van der Waals surface area contributed by atoms with Gasteiger partial charge in [0.1, 0.15) is 0 Å². The lowest BCUT2D eigenvalue weighted by molar-refractivity contribution is 0.960. The first-order chi connectivity index (χ1) is 25.8. The average Bonchev–Trinajstić information content (AvgIpc) is 3.75. The minimum absolute atomic E-state index is 0.120. The molecule has 0 bridgehead atoms. The van der Waals surface area contributed by atoms with Crippen molar-refractivity contribution in [2.75, 3.05) is 0 Å². The summed E-state index contributed by atoms with van der Waals surface area (Å²) in [5.74, 6) is -0.120. The van der Waals surface area contributed by atoms with Crippen molar-refractivity contribution in [1.82, 2.24) is 9.97 Å². The molecule has 12 rings (SSSR count). The molecule has 0 saturated carbocycles. The molecule has 0 N–H and O–H groups in total. The molecule has 0 amide bonds. The zero-order valence-electron chi connectivity index (χ0n) is 28.0. The van der Waals surface area contributed by atoms with Crippen molar-refractivity contribution in [3.63, 3.8) is 0 Å². The lowest BCUT2D eigenvalue weighted by atomic mass is 9.87. The second-order valence-corrected chi connectivity index (χ2v) is 15.0. The number of nitrogens with zero attached hydrogens (tertiary/aromatic N) is 2. The van der Waals surface area contributed by atoms with Crippen LogP contribution in [0.25, 0.3) is 96.7 Å². The molecule has 1 atom stereocenters. The second-order valence-electron chi connectivity index (χ2n) is 14.0. The third-order valence-electron chi connectivity index (χ3n) is 11.3. The Hall–Kier alpha value is -6.42. The molecule has 0 spiro atoms. The second kappa shape index (κ2) is 10.6. The van der Waals surface area contributed by atoms with Crippen LogP contribution in [0.2, 0.25) is 0 Å². The highest BCUT2D eigenvalue weighted by molar-refractivity contribution is 7.26. The Kier molecular flexibility index (Phi) is 5.74. The molecule has 1 aliphatic carbocycles. The van der Waals surface area contributed by atoms with Crippen molar-refractivity contribution in [3.05, 3.63) is 181 Å². The molecule has 0 fully saturated rings. The summed E-state index contributed by atoms with van der Waals surface area (Å²) in [5.41, 5.74) is 10.2. The molecule has 0 aliphatic heterocycles. The van der Waals surface area contributed by atoms with Crippen LogP contribution >= 0.6 is 11.3 Å². The van der Waals surface area contributed by atoms with Gasteiger partial charge in [0.25, 0.3) is 0 Å². The van der Waals surface area contributed by atoms with Crippen LogP contribution in [0, 0.1) is 0 Å². The van der Waals surface area contributed by atoms with E-state index in [4.69, 9.17) is 9.97 Å². The zero-order chi connectivity index (χ0) is 33.9. The molecule has 240 valence electrons. The Morgan fingerprint density at radius 3 is 1.94 bits per heavy atom. The van der Waals surface area contributed by atoms with E-state index in [2.05, 4.69) is 164 Å². The molecular formula is C49H28N2S. The predicted octanol–water partition coefficient (Wildman–Crippen LogP) is 13.4. The van der Waals surface area contributed by atoms with Crippen molar-refractivity contribution >= 4 is 85.6 Å². The number of rotatable bonds is 2. The summed E-state index contributed by atoms with van der Waals surface area (Å²) < 4.78 is 2.65. The van der Waals surface area contributed by atoms with Gasteiger partial charge in [-0.2, -0.15) is 0 Å². The summed E-state index contributed by atoms with van der Waals surface area (Å²) in [6.07, 6.45) is 0. The summed E-state index contributed by atoms with van der Waals surface area (Å²) in [5, 5.41) is 12.5. The predicted molar refractivity (Wildman–Crippen MR) is 221 cm³/mol. The third kappa shape index (κ3) is 3.83. The summed E-state index contributed by atoms with van der Waals surface area (Å²) >= 11 is 1.93. The summed E-state index contributed by atoms with van der Waals surface area (Å²) in [6.45, 7) is 0. The Bertz CT molecular complexity index is 3310. The van der Waals surface area contributed by atoms with Gasteiger partial charge < -0.3 is 0 Å². The number of hydrogen-bond donors (Lipinski definition) is 0. The molecule has 11 aromatic rings. The van der Waals surface area contributed by atoms with E-state index in [1.54, 1.807) is 0 Å². The zero-order valence-corrected chi connectivity index (χ0v) is 28.8. The summed E-state index contributed by atoms with van der Waals surface area (Å²) in [6, 6.07) is 59.7. The fourth-order valence-corrected chi connectivity index (χ4v) is 10.4. The van der Waals surface area contributed by atoms with Crippen LogP contribution in [0.15, 0.2) is 164 Å². The highest BCUT2D eigenvalue weighted by Crippen LogP contribution is 2.57. The fraction of sp³-hybridized carbons (Fsp3) is 0.0204. The van der Waals surface area contributed by atoms with Gasteiger partial charge in [0.15, 0.2) is 0 Å². The maximum Gasteiger partial charge on any atom is 0.0969 e. The molecule has 2 nitrogen and oxygen atoms in total.